The molecule has 2 aromatic carbocycles. The van der Waals surface area contributed by atoms with Crippen molar-refractivity contribution < 1.29 is 17.6 Å². The third-order valence-corrected chi connectivity index (χ3v) is 4.61. The van der Waals surface area contributed by atoms with E-state index < -0.39 is 21.6 Å². The van der Waals surface area contributed by atoms with Gasteiger partial charge in [-0.15, -0.1) is 0 Å². The van der Waals surface area contributed by atoms with E-state index in [1.54, 1.807) is 36.5 Å². The molecule has 7 heteroatoms. The van der Waals surface area contributed by atoms with Crippen molar-refractivity contribution in [3.8, 4) is 0 Å². The highest BCUT2D eigenvalue weighted by atomic mass is 32.2. The minimum Gasteiger partial charge on any atom is -0.319 e. The Labute approximate surface area is 138 Å². The van der Waals surface area contributed by atoms with Crippen LogP contribution in [-0.4, -0.2) is 25.6 Å². The van der Waals surface area contributed by atoms with Gasteiger partial charge in [-0.1, -0.05) is 12.1 Å². The summed E-state index contributed by atoms with van der Waals surface area (Å²) in [5.41, 5.74) is 0.768. The summed E-state index contributed by atoms with van der Waals surface area (Å²) >= 11 is 0. The highest BCUT2D eigenvalue weighted by molar-refractivity contribution is 7.90. The first-order valence-corrected chi connectivity index (χ1v) is 8.90. The zero-order valence-electron chi connectivity index (χ0n) is 12.7. The molecule has 0 spiro atoms. The molecule has 24 heavy (non-hydrogen) atoms. The van der Waals surface area contributed by atoms with Gasteiger partial charge in [0.1, 0.15) is 5.82 Å². The normalized spacial score (nSPS) is 11.4. The summed E-state index contributed by atoms with van der Waals surface area (Å²) in [5.74, 6) is -1.26. The minimum absolute atomic E-state index is 0.0706. The summed E-state index contributed by atoms with van der Waals surface area (Å²) in [6, 6.07) is 11.7. The molecule has 0 fully saturated rings. The average Bonchev–Trinajstić information content (AvgIpc) is 2.55. The zero-order valence-corrected chi connectivity index (χ0v) is 13.5. The number of sulfone groups is 1. The van der Waals surface area contributed by atoms with E-state index in [1.807, 2.05) is 0 Å². The molecule has 0 unspecified atom stereocenters. The molecule has 0 radical (unpaired) electrons. The second-order valence-corrected chi connectivity index (χ2v) is 7.26. The molecule has 0 atom stereocenters. The lowest BCUT2D eigenvalue weighted by atomic mass is 10.1. The van der Waals surface area contributed by atoms with E-state index in [1.165, 1.54) is 0 Å². The van der Waals surface area contributed by atoms with Crippen molar-refractivity contribution in [2.75, 3.05) is 11.6 Å². The molecule has 1 aromatic heterocycles. The topological polar surface area (TPSA) is 76.1 Å². The predicted octanol–water partition coefficient (Wildman–Crippen LogP) is 3.03. The van der Waals surface area contributed by atoms with Crippen LogP contribution in [0.3, 0.4) is 0 Å². The van der Waals surface area contributed by atoms with E-state index in [4.69, 9.17) is 0 Å². The van der Waals surface area contributed by atoms with Crippen LogP contribution in [0, 0.1) is 5.82 Å². The molecule has 122 valence electrons. The number of hydrogen-bond acceptors (Lipinski definition) is 4. The summed E-state index contributed by atoms with van der Waals surface area (Å²) in [4.78, 5) is 16.6. The molecular formula is C17H13FN2O3S. The van der Waals surface area contributed by atoms with E-state index in [0.29, 0.717) is 16.5 Å². The van der Waals surface area contributed by atoms with Gasteiger partial charge < -0.3 is 5.32 Å². The number of aromatic nitrogens is 1. The Morgan fingerprint density at radius 3 is 2.67 bits per heavy atom. The van der Waals surface area contributed by atoms with Gasteiger partial charge in [0.05, 0.1) is 16.1 Å². The first-order chi connectivity index (χ1) is 11.4. The number of pyridine rings is 1. The van der Waals surface area contributed by atoms with Crippen molar-refractivity contribution >= 4 is 32.3 Å². The summed E-state index contributed by atoms with van der Waals surface area (Å²) in [6.45, 7) is 0. The predicted molar refractivity (Wildman–Crippen MR) is 89.2 cm³/mol. The van der Waals surface area contributed by atoms with Crippen LogP contribution in [0.5, 0.6) is 0 Å². The largest absolute Gasteiger partial charge is 0.319 e. The monoisotopic (exact) mass is 344 g/mol. The maximum Gasteiger partial charge on any atom is 0.256 e. The summed E-state index contributed by atoms with van der Waals surface area (Å²) in [5, 5.41) is 3.05. The number of nitrogens with zero attached hydrogens (tertiary/aromatic N) is 1. The number of rotatable bonds is 3. The van der Waals surface area contributed by atoms with Crippen molar-refractivity contribution in [2.45, 2.75) is 4.90 Å². The molecule has 5 nitrogen and oxygen atoms in total. The van der Waals surface area contributed by atoms with Gasteiger partial charge in [0.2, 0.25) is 0 Å². The van der Waals surface area contributed by atoms with Crippen LogP contribution < -0.4 is 5.32 Å². The van der Waals surface area contributed by atoms with Gasteiger partial charge in [-0.3, -0.25) is 9.78 Å². The van der Waals surface area contributed by atoms with Crippen LogP contribution in [0.2, 0.25) is 0 Å². The van der Waals surface area contributed by atoms with Gasteiger partial charge in [0, 0.05) is 23.4 Å². The zero-order chi connectivity index (χ0) is 17.3. The van der Waals surface area contributed by atoms with Crippen LogP contribution in [0.25, 0.3) is 10.9 Å². The molecule has 0 aliphatic heterocycles. The van der Waals surface area contributed by atoms with E-state index in [0.717, 1.165) is 24.5 Å². The third-order valence-electron chi connectivity index (χ3n) is 3.50. The second kappa shape index (κ2) is 6.01. The molecule has 1 heterocycles. The number of anilines is 1. The summed E-state index contributed by atoms with van der Waals surface area (Å²) < 4.78 is 37.1. The maximum atomic E-state index is 13.9. The third kappa shape index (κ3) is 3.11. The van der Waals surface area contributed by atoms with Crippen molar-refractivity contribution in [3.63, 3.8) is 0 Å². The second-order valence-electron chi connectivity index (χ2n) is 5.24. The fraction of sp³-hybridized carbons (Fsp3) is 0.0588. The molecule has 0 aliphatic carbocycles. The minimum atomic E-state index is -3.51. The van der Waals surface area contributed by atoms with Crippen molar-refractivity contribution in [1.82, 2.24) is 4.98 Å². The Kier molecular flexibility index (Phi) is 4.02. The van der Waals surface area contributed by atoms with Crippen molar-refractivity contribution in [2.24, 2.45) is 0 Å². The Balaban J connectivity index is 2.01. The Morgan fingerprint density at radius 2 is 1.92 bits per heavy atom. The van der Waals surface area contributed by atoms with Crippen LogP contribution in [0.4, 0.5) is 10.1 Å². The standard InChI is InChI=1S/C17H13FN2O3S/c1-24(22,23)11-7-8-14(18)16(10-11)20-17(21)13-4-2-6-15-12(13)5-3-9-19-15/h2-10H,1H3,(H,20,21). The molecule has 1 amide bonds. The molecule has 0 saturated carbocycles. The number of hydrogen-bond donors (Lipinski definition) is 1. The number of halogens is 1. The highest BCUT2D eigenvalue weighted by Gasteiger charge is 2.15. The molecule has 0 bridgehead atoms. The van der Waals surface area contributed by atoms with Gasteiger partial charge >= 0.3 is 0 Å². The van der Waals surface area contributed by atoms with E-state index in [2.05, 4.69) is 10.3 Å². The number of amides is 1. The van der Waals surface area contributed by atoms with Gasteiger partial charge in [-0.05, 0) is 36.4 Å². The smallest absolute Gasteiger partial charge is 0.256 e. The van der Waals surface area contributed by atoms with Crippen molar-refractivity contribution in [1.29, 1.82) is 0 Å². The van der Waals surface area contributed by atoms with Crippen LogP contribution >= 0.6 is 0 Å². The highest BCUT2D eigenvalue weighted by Crippen LogP contribution is 2.22. The van der Waals surface area contributed by atoms with Crippen LogP contribution in [0.15, 0.2) is 59.6 Å². The molecule has 0 aliphatic rings. The van der Waals surface area contributed by atoms with E-state index >= 15 is 0 Å². The lowest BCUT2D eigenvalue weighted by molar-refractivity contribution is 0.102. The van der Waals surface area contributed by atoms with E-state index in [-0.39, 0.29) is 10.6 Å². The Hall–Kier alpha value is -2.80. The number of carbonyl (C=O) groups is 1. The SMILES string of the molecule is CS(=O)(=O)c1ccc(F)c(NC(=O)c2cccc3ncccc23)c1. The Bertz CT molecular complexity index is 1040. The van der Waals surface area contributed by atoms with Crippen molar-refractivity contribution in [3.05, 3.63) is 66.1 Å². The number of carbonyl (C=O) groups excluding carboxylic acids is 1. The van der Waals surface area contributed by atoms with Gasteiger partial charge in [0.25, 0.3) is 5.91 Å². The molecule has 1 N–H and O–H groups in total. The lowest BCUT2D eigenvalue weighted by Crippen LogP contribution is -2.14. The first-order valence-electron chi connectivity index (χ1n) is 7.01. The number of nitrogens with one attached hydrogen (secondary N) is 1. The summed E-state index contributed by atoms with van der Waals surface area (Å²) in [7, 11) is -3.51. The quantitative estimate of drug-likeness (QED) is 0.741. The average molecular weight is 344 g/mol. The fourth-order valence-corrected chi connectivity index (χ4v) is 2.97. The molecule has 3 rings (SSSR count). The van der Waals surface area contributed by atoms with Gasteiger partial charge in [-0.25, -0.2) is 12.8 Å². The first kappa shape index (κ1) is 16.1. The van der Waals surface area contributed by atoms with Crippen LogP contribution in [-0.2, 0) is 9.84 Å². The summed E-state index contributed by atoms with van der Waals surface area (Å²) in [6.07, 6.45) is 2.63. The Morgan fingerprint density at radius 1 is 1.12 bits per heavy atom. The number of benzene rings is 2. The van der Waals surface area contributed by atoms with E-state index in [9.17, 15) is 17.6 Å². The van der Waals surface area contributed by atoms with Gasteiger partial charge in [0.15, 0.2) is 9.84 Å². The van der Waals surface area contributed by atoms with Crippen LogP contribution in [0.1, 0.15) is 10.4 Å². The number of fused-ring (bicyclic) bond motifs is 1. The lowest BCUT2D eigenvalue weighted by Gasteiger charge is -2.10. The molecule has 3 aromatic rings. The molecular weight excluding hydrogens is 331 g/mol. The molecule has 0 saturated heterocycles. The van der Waals surface area contributed by atoms with Gasteiger partial charge in [-0.2, -0.15) is 0 Å². The maximum absolute atomic E-state index is 13.9. The fourth-order valence-electron chi connectivity index (χ4n) is 2.32.